The van der Waals surface area contributed by atoms with E-state index >= 15 is 0 Å². The monoisotopic (exact) mass is 550 g/mol. The molecule has 0 aliphatic carbocycles. The number of hydrogen-bond acceptors (Lipinski definition) is 10. The second kappa shape index (κ2) is 11.1. The van der Waals surface area contributed by atoms with Crippen LogP contribution in [-0.2, 0) is 19.0 Å². The van der Waals surface area contributed by atoms with E-state index in [1.54, 1.807) is 18.0 Å². The minimum Gasteiger partial charge on any atom is -0.463 e. The number of aromatic nitrogens is 1. The number of amidine groups is 1. The molecule has 0 unspecified atom stereocenters. The number of thiazole rings is 1. The van der Waals surface area contributed by atoms with Gasteiger partial charge in [-0.15, -0.1) is 11.3 Å². The molecule has 1 saturated heterocycles. The van der Waals surface area contributed by atoms with Crippen molar-refractivity contribution in [2.75, 3.05) is 32.9 Å². The third kappa shape index (κ3) is 5.46. The summed E-state index contributed by atoms with van der Waals surface area (Å²) in [6, 6.07) is 6.88. The van der Waals surface area contributed by atoms with Crippen LogP contribution in [0, 0.1) is 0 Å². The van der Waals surface area contributed by atoms with E-state index in [9.17, 15) is 9.59 Å². The van der Waals surface area contributed by atoms with Crippen molar-refractivity contribution in [3.63, 3.8) is 0 Å². The summed E-state index contributed by atoms with van der Waals surface area (Å²) in [6.07, 6.45) is -0.526. The SMILES string of the molecule is CCOC(=O)C1=C(CN2CCOC[C@@H]2OC(=O)O)NC(c2nccs2)=N[C@H]1c1ccccc1Br. The fourth-order valence-corrected chi connectivity index (χ4v) is 4.85. The highest BCUT2D eigenvalue weighted by Gasteiger charge is 2.36. The van der Waals surface area contributed by atoms with Gasteiger partial charge in [-0.05, 0) is 18.6 Å². The standard InChI is InChI=1S/C22H23BrN4O6S/c1-2-32-21(28)17-15(11-27-8-9-31-12-16(27)33-22(29)30)25-19(20-24-7-10-34-20)26-18(17)13-5-3-4-6-14(13)23/h3-7,10,16,18H,2,8-9,11-12H2,1H3,(H,25,26)(H,29,30)/t16-,18-/m0/s1. The number of halogens is 1. The number of nitrogens with one attached hydrogen (secondary N) is 1. The largest absolute Gasteiger partial charge is 0.507 e. The first-order valence-corrected chi connectivity index (χ1v) is 12.3. The maximum Gasteiger partial charge on any atom is 0.507 e. The molecule has 0 radical (unpaired) electrons. The van der Waals surface area contributed by atoms with E-state index in [0.717, 1.165) is 10.0 Å². The molecule has 2 aliphatic rings. The maximum atomic E-state index is 13.2. The zero-order valence-corrected chi connectivity index (χ0v) is 20.7. The molecule has 0 spiro atoms. The van der Waals surface area contributed by atoms with Gasteiger partial charge in [0.15, 0.2) is 17.1 Å². The summed E-state index contributed by atoms with van der Waals surface area (Å²) in [7, 11) is 0. The number of aliphatic imine (C=N–C) groups is 1. The molecule has 1 aromatic heterocycles. The average molecular weight is 551 g/mol. The fourth-order valence-electron chi connectivity index (χ4n) is 3.76. The Morgan fingerprint density at radius 1 is 1.38 bits per heavy atom. The number of ether oxygens (including phenoxy) is 3. The molecule has 1 aromatic carbocycles. The van der Waals surface area contributed by atoms with E-state index in [0.29, 0.717) is 35.3 Å². The van der Waals surface area contributed by atoms with E-state index in [1.165, 1.54) is 11.3 Å². The first kappa shape index (κ1) is 24.3. The molecule has 10 nitrogen and oxygen atoms in total. The van der Waals surface area contributed by atoms with E-state index in [2.05, 4.69) is 26.2 Å². The Labute approximate surface area is 208 Å². The molecule has 0 amide bonds. The number of carbonyl (C=O) groups excluding carboxylic acids is 1. The third-order valence-electron chi connectivity index (χ3n) is 5.24. The van der Waals surface area contributed by atoms with Crippen molar-refractivity contribution in [2.45, 2.75) is 19.2 Å². The van der Waals surface area contributed by atoms with E-state index in [1.807, 2.05) is 29.6 Å². The molecule has 12 heteroatoms. The molecular weight excluding hydrogens is 528 g/mol. The molecule has 3 heterocycles. The minimum absolute atomic E-state index is 0.0927. The number of benzene rings is 1. The van der Waals surface area contributed by atoms with Gasteiger partial charge in [-0.2, -0.15) is 0 Å². The van der Waals surface area contributed by atoms with Gasteiger partial charge in [-0.1, -0.05) is 34.1 Å². The van der Waals surface area contributed by atoms with Crippen LogP contribution in [0.2, 0.25) is 0 Å². The normalized spacial score (nSPS) is 20.9. The Morgan fingerprint density at radius 3 is 2.91 bits per heavy atom. The van der Waals surface area contributed by atoms with Crippen molar-refractivity contribution in [3.05, 3.63) is 62.2 Å². The topological polar surface area (TPSA) is 123 Å². The van der Waals surface area contributed by atoms with Gasteiger partial charge in [0.05, 0.1) is 25.4 Å². The molecule has 4 rings (SSSR count). The van der Waals surface area contributed by atoms with E-state index in [4.69, 9.17) is 24.3 Å². The van der Waals surface area contributed by atoms with Crippen molar-refractivity contribution < 1.29 is 28.9 Å². The number of nitrogens with zero attached hydrogens (tertiary/aromatic N) is 3. The second-order valence-corrected chi connectivity index (χ2v) is 9.11. The first-order valence-electron chi connectivity index (χ1n) is 10.6. The summed E-state index contributed by atoms with van der Waals surface area (Å²) in [5.74, 6) is 0.0134. The van der Waals surface area contributed by atoms with Crippen LogP contribution >= 0.6 is 27.3 Å². The predicted octanol–water partition coefficient (Wildman–Crippen LogP) is 3.17. The molecular formula is C22H23BrN4O6S. The van der Waals surface area contributed by atoms with Gasteiger partial charge >= 0.3 is 12.1 Å². The van der Waals surface area contributed by atoms with Gasteiger partial charge in [0, 0.05) is 34.8 Å². The van der Waals surface area contributed by atoms with Crippen LogP contribution in [0.5, 0.6) is 0 Å². The third-order valence-corrected chi connectivity index (χ3v) is 6.75. The van der Waals surface area contributed by atoms with E-state index in [-0.39, 0.29) is 19.8 Å². The fraction of sp³-hybridized carbons (Fsp3) is 0.364. The Bertz CT molecular complexity index is 1110. The smallest absolute Gasteiger partial charge is 0.463 e. The Kier molecular flexibility index (Phi) is 7.93. The van der Waals surface area contributed by atoms with Crippen molar-refractivity contribution in [1.82, 2.24) is 15.2 Å². The Hall–Kier alpha value is -2.80. The number of rotatable bonds is 7. The molecule has 2 aromatic rings. The molecule has 2 atom stereocenters. The molecule has 180 valence electrons. The van der Waals surface area contributed by atoms with Crippen molar-refractivity contribution in [3.8, 4) is 0 Å². The van der Waals surface area contributed by atoms with E-state index < -0.39 is 24.4 Å². The number of carbonyl (C=O) groups is 2. The van der Waals surface area contributed by atoms with Crippen LogP contribution in [0.1, 0.15) is 23.5 Å². The van der Waals surface area contributed by atoms with Gasteiger partial charge in [-0.25, -0.2) is 14.6 Å². The highest BCUT2D eigenvalue weighted by atomic mass is 79.9. The molecule has 2 N–H and O–H groups in total. The van der Waals surface area contributed by atoms with Crippen molar-refractivity contribution in [2.24, 2.45) is 4.99 Å². The number of carboxylic acid groups (broad SMARTS) is 1. The average Bonchev–Trinajstić information content (AvgIpc) is 3.35. The highest BCUT2D eigenvalue weighted by Crippen LogP contribution is 2.36. The maximum absolute atomic E-state index is 13.2. The quantitative estimate of drug-likeness (QED) is 0.500. The Balaban J connectivity index is 1.79. The zero-order chi connectivity index (χ0) is 24.1. The van der Waals surface area contributed by atoms with Gasteiger partial charge < -0.3 is 24.6 Å². The molecule has 1 fully saturated rings. The van der Waals surface area contributed by atoms with Gasteiger partial charge in [0.2, 0.25) is 0 Å². The lowest BCUT2D eigenvalue weighted by atomic mass is 9.95. The second-order valence-electron chi connectivity index (χ2n) is 7.36. The van der Waals surface area contributed by atoms with Crippen LogP contribution in [0.4, 0.5) is 4.79 Å². The van der Waals surface area contributed by atoms with Crippen LogP contribution in [0.3, 0.4) is 0 Å². The summed E-state index contributed by atoms with van der Waals surface area (Å²) < 4.78 is 16.6. The van der Waals surface area contributed by atoms with Crippen molar-refractivity contribution >= 4 is 45.2 Å². The van der Waals surface area contributed by atoms with Crippen LogP contribution in [0.25, 0.3) is 0 Å². The van der Waals surface area contributed by atoms with Crippen molar-refractivity contribution in [1.29, 1.82) is 0 Å². The summed E-state index contributed by atoms with van der Waals surface area (Å²) in [6.45, 7) is 3.05. The first-order chi connectivity index (χ1) is 16.5. The summed E-state index contributed by atoms with van der Waals surface area (Å²) in [5.41, 5.74) is 1.67. The number of hydrogen-bond donors (Lipinski definition) is 2. The molecule has 2 aliphatic heterocycles. The molecule has 0 saturated carbocycles. The molecule has 34 heavy (non-hydrogen) atoms. The van der Waals surface area contributed by atoms with Crippen LogP contribution in [0.15, 0.2) is 56.6 Å². The zero-order valence-electron chi connectivity index (χ0n) is 18.3. The summed E-state index contributed by atoms with van der Waals surface area (Å²) in [5, 5.41) is 14.9. The summed E-state index contributed by atoms with van der Waals surface area (Å²) >= 11 is 5.00. The Morgan fingerprint density at radius 2 is 2.21 bits per heavy atom. The van der Waals surface area contributed by atoms with Crippen LogP contribution < -0.4 is 5.32 Å². The summed E-state index contributed by atoms with van der Waals surface area (Å²) in [4.78, 5) is 35.4. The lowest BCUT2D eigenvalue weighted by molar-refractivity contribution is -0.139. The number of esters is 1. The highest BCUT2D eigenvalue weighted by molar-refractivity contribution is 9.10. The predicted molar refractivity (Wildman–Crippen MR) is 128 cm³/mol. The van der Waals surface area contributed by atoms with Crippen LogP contribution in [-0.4, -0.2) is 72.1 Å². The lowest BCUT2D eigenvalue weighted by Crippen LogP contribution is -2.50. The van der Waals surface area contributed by atoms with Gasteiger partial charge in [0.1, 0.15) is 6.04 Å². The molecule has 0 bridgehead atoms. The van der Waals surface area contributed by atoms with Gasteiger partial charge in [-0.3, -0.25) is 9.89 Å². The minimum atomic E-state index is -1.40. The number of morpholine rings is 1. The van der Waals surface area contributed by atoms with Gasteiger partial charge in [0.25, 0.3) is 0 Å². The lowest BCUT2D eigenvalue weighted by Gasteiger charge is -2.36.